The molecular weight excluding hydrogens is 280 g/mol. The molecule has 2 rings (SSSR count). The number of rotatable bonds is 6. The fourth-order valence-corrected chi connectivity index (χ4v) is 3.77. The Bertz CT molecular complexity index is 367. The van der Waals surface area contributed by atoms with E-state index in [-0.39, 0.29) is 5.91 Å². The number of likely N-dealkylation sites (tertiary alicyclic amines) is 2. The van der Waals surface area contributed by atoms with Crippen LogP contribution >= 0.6 is 0 Å². The predicted octanol–water partition coefficient (Wildman–Crippen LogP) is 1.35. The normalized spacial score (nSPS) is 28.6. The van der Waals surface area contributed by atoms with E-state index in [4.69, 9.17) is 4.74 Å². The fraction of sp³-hybridized carbons (Fsp3) is 0.941. The SMILES string of the molecule is COCCN1CCC[C@](O)(CN2CCC(C(C)C)CC2)C1=O. The molecule has 0 bridgehead atoms. The number of methoxy groups -OCH3 is 1. The van der Waals surface area contributed by atoms with E-state index < -0.39 is 5.60 Å². The molecule has 0 aromatic rings. The summed E-state index contributed by atoms with van der Waals surface area (Å²) in [6, 6.07) is 0. The lowest BCUT2D eigenvalue weighted by Crippen LogP contribution is -2.59. The maximum absolute atomic E-state index is 12.6. The zero-order valence-electron chi connectivity index (χ0n) is 14.4. The molecule has 2 fully saturated rings. The number of β-amino-alcohol motifs (C(OH)–C–C–N with tert-alkyl or cyclic N) is 1. The van der Waals surface area contributed by atoms with Crippen LogP contribution in [-0.4, -0.2) is 72.9 Å². The van der Waals surface area contributed by atoms with E-state index >= 15 is 0 Å². The molecule has 2 saturated heterocycles. The van der Waals surface area contributed by atoms with Crippen LogP contribution in [-0.2, 0) is 9.53 Å². The van der Waals surface area contributed by atoms with Gasteiger partial charge in [0.2, 0.25) is 0 Å². The molecule has 22 heavy (non-hydrogen) atoms. The maximum Gasteiger partial charge on any atom is 0.255 e. The van der Waals surface area contributed by atoms with Crippen LogP contribution in [0.5, 0.6) is 0 Å². The molecule has 0 aromatic carbocycles. The smallest absolute Gasteiger partial charge is 0.255 e. The third kappa shape index (κ3) is 4.21. The van der Waals surface area contributed by atoms with E-state index in [1.54, 1.807) is 12.0 Å². The van der Waals surface area contributed by atoms with Crippen molar-refractivity contribution in [3.05, 3.63) is 0 Å². The van der Waals surface area contributed by atoms with Crippen LogP contribution in [0.1, 0.15) is 39.5 Å². The fourth-order valence-electron chi connectivity index (χ4n) is 3.77. The highest BCUT2D eigenvalue weighted by Gasteiger charge is 2.43. The van der Waals surface area contributed by atoms with Gasteiger partial charge in [-0.1, -0.05) is 13.8 Å². The zero-order valence-corrected chi connectivity index (χ0v) is 14.4. The second kappa shape index (κ2) is 7.75. The van der Waals surface area contributed by atoms with Gasteiger partial charge in [-0.2, -0.15) is 0 Å². The van der Waals surface area contributed by atoms with Gasteiger partial charge in [-0.3, -0.25) is 9.69 Å². The topological polar surface area (TPSA) is 53.0 Å². The van der Waals surface area contributed by atoms with Crippen molar-refractivity contribution in [2.45, 2.75) is 45.1 Å². The van der Waals surface area contributed by atoms with Crippen LogP contribution in [0.4, 0.5) is 0 Å². The van der Waals surface area contributed by atoms with Gasteiger partial charge in [0.15, 0.2) is 5.60 Å². The highest BCUT2D eigenvalue weighted by atomic mass is 16.5. The van der Waals surface area contributed by atoms with E-state index in [9.17, 15) is 9.90 Å². The number of carbonyl (C=O) groups excluding carboxylic acids is 1. The third-order valence-corrected chi connectivity index (χ3v) is 5.33. The number of nitrogens with zero attached hydrogens (tertiary/aromatic N) is 2. The third-order valence-electron chi connectivity index (χ3n) is 5.33. The van der Waals surface area contributed by atoms with Crippen LogP contribution in [0.25, 0.3) is 0 Å². The lowest BCUT2D eigenvalue weighted by atomic mass is 9.85. The van der Waals surface area contributed by atoms with Crippen LogP contribution in [0.3, 0.4) is 0 Å². The number of amides is 1. The Balaban J connectivity index is 1.89. The van der Waals surface area contributed by atoms with Gasteiger partial charge < -0.3 is 14.7 Å². The van der Waals surface area contributed by atoms with Crippen LogP contribution < -0.4 is 0 Å². The summed E-state index contributed by atoms with van der Waals surface area (Å²) < 4.78 is 5.06. The van der Waals surface area contributed by atoms with Gasteiger partial charge in [0.25, 0.3) is 5.91 Å². The molecule has 1 N–H and O–H groups in total. The minimum Gasteiger partial charge on any atom is -0.383 e. The summed E-state index contributed by atoms with van der Waals surface area (Å²) in [5, 5.41) is 10.9. The van der Waals surface area contributed by atoms with Crippen molar-refractivity contribution in [1.29, 1.82) is 0 Å². The summed E-state index contributed by atoms with van der Waals surface area (Å²) >= 11 is 0. The molecule has 1 amide bonds. The average molecular weight is 312 g/mol. The van der Waals surface area contributed by atoms with Gasteiger partial charge in [0.05, 0.1) is 6.61 Å². The molecule has 0 aliphatic carbocycles. The molecule has 2 aliphatic heterocycles. The molecule has 1 atom stereocenters. The largest absolute Gasteiger partial charge is 0.383 e. The molecule has 5 heteroatoms. The first-order valence-electron chi connectivity index (χ1n) is 8.69. The molecule has 2 aliphatic rings. The monoisotopic (exact) mass is 312 g/mol. The molecule has 128 valence electrons. The molecule has 0 aromatic heterocycles. The molecule has 5 nitrogen and oxygen atoms in total. The zero-order chi connectivity index (χ0) is 16.2. The highest BCUT2D eigenvalue weighted by Crippen LogP contribution is 2.28. The molecule has 2 heterocycles. The van der Waals surface area contributed by atoms with Gasteiger partial charge in [-0.25, -0.2) is 0 Å². The summed E-state index contributed by atoms with van der Waals surface area (Å²) in [6.07, 6.45) is 3.80. The first kappa shape index (κ1) is 17.7. The van der Waals surface area contributed by atoms with Crippen molar-refractivity contribution in [2.75, 3.05) is 46.4 Å². The van der Waals surface area contributed by atoms with Gasteiger partial charge in [-0.05, 0) is 50.6 Å². The van der Waals surface area contributed by atoms with Crippen molar-refractivity contribution in [2.24, 2.45) is 11.8 Å². The van der Waals surface area contributed by atoms with Crippen molar-refractivity contribution in [1.82, 2.24) is 9.80 Å². The Morgan fingerprint density at radius 1 is 1.32 bits per heavy atom. The molecule has 0 saturated carbocycles. The Morgan fingerprint density at radius 2 is 2.00 bits per heavy atom. The van der Waals surface area contributed by atoms with Gasteiger partial charge in [-0.15, -0.1) is 0 Å². The van der Waals surface area contributed by atoms with Crippen molar-refractivity contribution in [3.8, 4) is 0 Å². The first-order chi connectivity index (χ1) is 10.5. The Morgan fingerprint density at radius 3 is 2.59 bits per heavy atom. The van der Waals surface area contributed by atoms with Crippen molar-refractivity contribution in [3.63, 3.8) is 0 Å². The average Bonchev–Trinajstić information content (AvgIpc) is 2.49. The minimum absolute atomic E-state index is 0.109. The van der Waals surface area contributed by atoms with Gasteiger partial charge in [0, 0.05) is 26.7 Å². The molecular formula is C17H32N2O3. The van der Waals surface area contributed by atoms with E-state index in [1.807, 2.05) is 0 Å². The van der Waals surface area contributed by atoms with Crippen LogP contribution in [0, 0.1) is 11.8 Å². The summed E-state index contributed by atoms with van der Waals surface area (Å²) in [5.41, 5.74) is -1.20. The second-order valence-corrected chi connectivity index (χ2v) is 7.28. The van der Waals surface area contributed by atoms with Crippen molar-refractivity contribution >= 4 is 5.91 Å². The highest BCUT2D eigenvalue weighted by molar-refractivity contribution is 5.86. The van der Waals surface area contributed by atoms with E-state index in [1.165, 1.54) is 12.8 Å². The molecule has 0 unspecified atom stereocenters. The summed E-state index contributed by atoms with van der Waals surface area (Å²) in [5.74, 6) is 1.40. The number of piperidine rings is 2. The number of carbonyl (C=O) groups is 1. The summed E-state index contributed by atoms with van der Waals surface area (Å²) in [7, 11) is 1.64. The predicted molar refractivity (Wildman–Crippen MR) is 86.6 cm³/mol. The lowest BCUT2D eigenvalue weighted by molar-refractivity contribution is -0.160. The molecule has 0 radical (unpaired) electrons. The van der Waals surface area contributed by atoms with E-state index in [2.05, 4.69) is 18.7 Å². The first-order valence-corrected chi connectivity index (χ1v) is 8.69. The summed E-state index contributed by atoms with van der Waals surface area (Å²) in [4.78, 5) is 16.6. The quantitative estimate of drug-likeness (QED) is 0.804. The Kier molecular flexibility index (Phi) is 6.24. The maximum atomic E-state index is 12.6. The number of ether oxygens (including phenoxy) is 1. The lowest BCUT2D eigenvalue weighted by Gasteiger charge is -2.42. The van der Waals surface area contributed by atoms with E-state index in [0.29, 0.717) is 26.1 Å². The second-order valence-electron chi connectivity index (χ2n) is 7.28. The molecule has 0 spiro atoms. The Hall–Kier alpha value is -0.650. The van der Waals surface area contributed by atoms with Gasteiger partial charge in [0.1, 0.15) is 0 Å². The van der Waals surface area contributed by atoms with Gasteiger partial charge >= 0.3 is 0 Å². The minimum atomic E-state index is -1.20. The standard InChI is InChI=1S/C17H32N2O3/c1-14(2)15-5-9-18(10-6-15)13-17(21)7-4-8-19(16(17)20)11-12-22-3/h14-15,21H,4-13H2,1-3H3/t17-/m0/s1. The number of hydrogen-bond donors (Lipinski definition) is 1. The number of hydrogen-bond acceptors (Lipinski definition) is 4. The van der Waals surface area contributed by atoms with Crippen LogP contribution in [0.15, 0.2) is 0 Å². The Labute approximate surface area is 134 Å². The summed E-state index contributed by atoms with van der Waals surface area (Å²) in [6.45, 7) is 8.89. The number of aliphatic hydroxyl groups is 1. The van der Waals surface area contributed by atoms with Crippen molar-refractivity contribution < 1.29 is 14.6 Å². The van der Waals surface area contributed by atoms with E-state index in [0.717, 1.165) is 37.9 Å². The van der Waals surface area contributed by atoms with Crippen LogP contribution in [0.2, 0.25) is 0 Å².